The number of nitriles is 1. The number of nitrogens with zero attached hydrogens (tertiary/aromatic N) is 3. The zero-order chi connectivity index (χ0) is 22.4. The van der Waals surface area contributed by atoms with Crippen LogP contribution in [0, 0.1) is 17.2 Å². The van der Waals surface area contributed by atoms with Crippen LogP contribution in [0.3, 0.4) is 0 Å². The van der Waals surface area contributed by atoms with Crippen molar-refractivity contribution < 1.29 is 9.28 Å². The minimum absolute atomic E-state index is 0.0428. The van der Waals surface area contributed by atoms with Gasteiger partial charge in [-0.05, 0) is 41.2 Å². The van der Waals surface area contributed by atoms with Crippen LogP contribution in [0.25, 0.3) is 11.1 Å². The number of hydrogen-bond donors (Lipinski definition) is 1. The molecule has 0 aromatic heterocycles. The summed E-state index contributed by atoms with van der Waals surface area (Å²) in [6.07, 6.45) is 0.753. The Kier molecular flexibility index (Phi) is 7.35. The van der Waals surface area contributed by atoms with Crippen LogP contribution in [-0.2, 0) is 4.79 Å². The average Bonchev–Trinajstić information content (AvgIpc) is 2.76. The van der Waals surface area contributed by atoms with Crippen LogP contribution in [-0.4, -0.2) is 57.2 Å². The summed E-state index contributed by atoms with van der Waals surface area (Å²) < 4.78 is 1.08. The second-order valence-corrected chi connectivity index (χ2v) is 9.60. The maximum Gasteiger partial charge on any atom is 0.228 e. The number of carbonyl (C=O) groups excluding carboxylic acids is 1. The van der Waals surface area contributed by atoms with Gasteiger partial charge in [0.1, 0.15) is 6.54 Å². The molecule has 31 heavy (non-hydrogen) atoms. The Morgan fingerprint density at radius 1 is 1.10 bits per heavy atom. The Morgan fingerprint density at radius 3 is 2.39 bits per heavy atom. The van der Waals surface area contributed by atoms with Crippen LogP contribution in [0.2, 0.25) is 0 Å². The molecule has 1 N–H and O–H groups in total. The lowest BCUT2D eigenvalue weighted by molar-refractivity contribution is -0.890. The van der Waals surface area contributed by atoms with Crippen molar-refractivity contribution in [2.75, 3.05) is 51.7 Å². The Bertz CT molecular complexity index is 917. The highest BCUT2D eigenvalue weighted by Crippen LogP contribution is 2.30. The van der Waals surface area contributed by atoms with Crippen LogP contribution in [0.1, 0.15) is 31.7 Å². The van der Waals surface area contributed by atoms with Gasteiger partial charge in [-0.15, -0.1) is 0 Å². The molecule has 0 bridgehead atoms. The molecule has 1 fully saturated rings. The fourth-order valence-electron chi connectivity index (χ4n) is 4.18. The Morgan fingerprint density at radius 2 is 1.77 bits per heavy atom. The molecule has 0 radical (unpaired) electrons. The van der Waals surface area contributed by atoms with Gasteiger partial charge in [0.2, 0.25) is 5.91 Å². The SMILES string of the molecule is CC(C)C[C@@H](C(=O)NCC#N)c1cccc(-c2ccc(N3CC[N+](C)(C)CC3)cc2)c1. The van der Waals surface area contributed by atoms with E-state index >= 15 is 0 Å². The molecular weight excluding hydrogens is 384 g/mol. The van der Waals surface area contributed by atoms with E-state index in [-0.39, 0.29) is 18.4 Å². The maximum atomic E-state index is 12.7. The number of quaternary nitrogens is 1. The van der Waals surface area contributed by atoms with Gasteiger partial charge in [-0.3, -0.25) is 4.79 Å². The maximum absolute atomic E-state index is 12.7. The standard InChI is InChI=1S/C26H34N4O/c1-20(2)18-25(26(31)28-13-12-27)23-7-5-6-22(19-23)21-8-10-24(11-9-21)29-14-16-30(3,4)17-15-29/h5-11,19-20,25H,13-18H2,1-4H3/p+1/t25-/m1/s1. The number of piperazine rings is 1. The molecule has 1 aliphatic rings. The van der Waals surface area contributed by atoms with E-state index in [0.29, 0.717) is 5.92 Å². The first-order valence-corrected chi connectivity index (χ1v) is 11.2. The summed E-state index contributed by atoms with van der Waals surface area (Å²) in [6, 6.07) is 19.0. The second kappa shape index (κ2) is 9.98. The predicted molar refractivity (Wildman–Crippen MR) is 127 cm³/mol. The summed E-state index contributed by atoms with van der Waals surface area (Å²) in [6.45, 7) is 8.76. The molecule has 5 nitrogen and oxygen atoms in total. The summed E-state index contributed by atoms with van der Waals surface area (Å²) in [5, 5.41) is 11.6. The van der Waals surface area contributed by atoms with Gasteiger partial charge in [0, 0.05) is 5.69 Å². The van der Waals surface area contributed by atoms with E-state index in [4.69, 9.17) is 5.26 Å². The van der Waals surface area contributed by atoms with Crippen LogP contribution >= 0.6 is 0 Å². The van der Waals surface area contributed by atoms with Gasteiger partial charge in [0.25, 0.3) is 0 Å². The van der Waals surface area contributed by atoms with Gasteiger partial charge < -0.3 is 14.7 Å². The Hall–Kier alpha value is -2.84. The number of carbonyl (C=O) groups is 1. The van der Waals surface area contributed by atoms with E-state index in [9.17, 15) is 4.79 Å². The van der Waals surface area contributed by atoms with Crippen molar-refractivity contribution in [2.24, 2.45) is 5.92 Å². The van der Waals surface area contributed by atoms with Gasteiger partial charge in [0.05, 0.1) is 52.3 Å². The number of anilines is 1. The molecule has 0 spiro atoms. The molecule has 164 valence electrons. The lowest BCUT2D eigenvalue weighted by Crippen LogP contribution is -2.54. The summed E-state index contributed by atoms with van der Waals surface area (Å²) in [4.78, 5) is 15.1. The first-order chi connectivity index (χ1) is 14.8. The van der Waals surface area contributed by atoms with E-state index in [0.717, 1.165) is 53.8 Å². The van der Waals surface area contributed by atoms with E-state index in [1.165, 1.54) is 5.69 Å². The van der Waals surface area contributed by atoms with E-state index in [1.807, 2.05) is 18.2 Å². The van der Waals surface area contributed by atoms with Crippen LogP contribution in [0.15, 0.2) is 48.5 Å². The third-order valence-corrected chi connectivity index (χ3v) is 6.17. The number of benzene rings is 2. The molecule has 1 atom stereocenters. The molecule has 1 heterocycles. The smallest absolute Gasteiger partial charge is 0.228 e. The van der Waals surface area contributed by atoms with Crippen molar-refractivity contribution in [1.82, 2.24) is 5.32 Å². The highest BCUT2D eigenvalue weighted by atomic mass is 16.1. The topological polar surface area (TPSA) is 56.1 Å². The fraction of sp³-hybridized carbons (Fsp3) is 0.462. The quantitative estimate of drug-likeness (QED) is 0.545. The molecule has 0 unspecified atom stereocenters. The highest BCUT2D eigenvalue weighted by Gasteiger charge is 2.24. The number of nitrogens with one attached hydrogen (secondary N) is 1. The van der Waals surface area contributed by atoms with Crippen molar-refractivity contribution in [3.05, 3.63) is 54.1 Å². The molecule has 5 heteroatoms. The number of rotatable bonds is 7. The third kappa shape index (κ3) is 6.08. The molecule has 1 aliphatic heterocycles. The van der Waals surface area contributed by atoms with Crippen molar-refractivity contribution in [3.63, 3.8) is 0 Å². The highest BCUT2D eigenvalue weighted by molar-refractivity contribution is 5.84. The summed E-state index contributed by atoms with van der Waals surface area (Å²) in [5.74, 6) is 0.0606. The third-order valence-electron chi connectivity index (χ3n) is 6.17. The van der Waals surface area contributed by atoms with Gasteiger partial charge >= 0.3 is 0 Å². The van der Waals surface area contributed by atoms with E-state index in [1.54, 1.807) is 0 Å². The van der Waals surface area contributed by atoms with Gasteiger partial charge in [-0.25, -0.2) is 0 Å². The molecular formula is C26H35N4O+. The Balaban J connectivity index is 1.78. The Labute approximate surface area is 186 Å². The first kappa shape index (κ1) is 22.8. The van der Waals surface area contributed by atoms with Crippen molar-refractivity contribution in [2.45, 2.75) is 26.2 Å². The van der Waals surface area contributed by atoms with Crippen LogP contribution < -0.4 is 10.2 Å². The molecule has 2 aromatic rings. The van der Waals surface area contributed by atoms with E-state index < -0.39 is 0 Å². The first-order valence-electron chi connectivity index (χ1n) is 11.2. The molecule has 1 amide bonds. The zero-order valence-corrected chi connectivity index (χ0v) is 19.3. The van der Waals surface area contributed by atoms with Gasteiger partial charge in [0.15, 0.2) is 0 Å². The summed E-state index contributed by atoms with van der Waals surface area (Å²) in [5.41, 5.74) is 4.54. The average molecular weight is 420 g/mol. The minimum Gasteiger partial charge on any atom is -0.360 e. The fourth-order valence-corrected chi connectivity index (χ4v) is 4.18. The summed E-state index contributed by atoms with van der Waals surface area (Å²) >= 11 is 0. The summed E-state index contributed by atoms with van der Waals surface area (Å²) in [7, 11) is 4.58. The van der Waals surface area contributed by atoms with Crippen molar-refractivity contribution in [3.8, 4) is 17.2 Å². The number of likely N-dealkylation sites (N-methyl/N-ethyl adjacent to an activating group) is 1. The van der Waals surface area contributed by atoms with Gasteiger partial charge in [-0.2, -0.15) is 5.26 Å². The van der Waals surface area contributed by atoms with Crippen LogP contribution in [0.5, 0.6) is 0 Å². The molecule has 3 rings (SSSR count). The molecule has 2 aromatic carbocycles. The van der Waals surface area contributed by atoms with Crippen LogP contribution in [0.4, 0.5) is 5.69 Å². The number of hydrogen-bond acceptors (Lipinski definition) is 3. The van der Waals surface area contributed by atoms with Crippen molar-refractivity contribution >= 4 is 11.6 Å². The normalized spacial score (nSPS) is 16.6. The molecule has 0 saturated carbocycles. The van der Waals surface area contributed by atoms with Gasteiger partial charge in [-0.1, -0.05) is 50.2 Å². The zero-order valence-electron chi connectivity index (χ0n) is 19.3. The van der Waals surface area contributed by atoms with Crippen molar-refractivity contribution in [1.29, 1.82) is 5.26 Å². The largest absolute Gasteiger partial charge is 0.360 e. The lowest BCUT2D eigenvalue weighted by Gasteiger charge is -2.40. The van der Waals surface area contributed by atoms with E-state index in [2.05, 4.69) is 74.6 Å². The lowest BCUT2D eigenvalue weighted by atomic mass is 9.88. The second-order valence-electron chi connectivity index (χ2n) is 9.60. The molecule has 1 saturated heterocycles. The molecule has 0 aliphatic carbocycles. The number of amides is 1. The predicted octanol–water partition coefficient (Wildman–Crippen LogP) is 4.02. The monoisotopic (exact) mass is 419 g/mol. The minimum atomic E-state index is -0.248.